The first-order valence-electron chi connectivity index (χ1n) is 17.0. The largest absolute Gasteiger partial charge is 0.436 e. The molecule has 8 aromatic carbocycles. The Balaban J connectivity index is 1.09. The predicted octanol–water partition coefficient (Wildman–Crippen LogP) is 12.7. The van der Waals surface area contributed by atoms with E-state index in [0.717, 1.165) is 55.8 Å². The highest BCUT2D eigenvalue weighted by molar-refractivity contribution is 5.94. The Labute approximate surface area is 293 Å². The fourth-order valence-electron chi connectivity index (χ4n) is 6.92. The molecule has 0 unspecified atom stereocenters. The molecule has 0 radical (unpaired) electrons. The van der Waals surface area contributed by atoms with E-state index in [1.54, 1.807) is 0 Å². The number of nitrogens with zero attached hydrogens (tertiary/aromatic N) is 3. The van der Waals surface area contributed by atoms with Gasteiger partial charge in [-0.1, -0.05) is 91.0 Å². The summed E-state index contributed by atoms with van der Waals surface area (Å²) in [6.45, 7) is 0. The first kappa shape index (κ1) is 29.0. The molecular formula is C46H29N3O2. The maximum atomic E-state index is 6.18. The molecule has 10 aromatic rings. The molecule has 0 N–H and O–H groups in total. The van der Waals surface area contributed by atoms with Gasteiger partial charge in [-0.25, -0.2) is 9.97 Å². The van der Waals surface area contributed by atoms with Gasteiger partial charge in [-0.15, -0.1) is 0 Å². The van der Waals surface area contributed by atoms with Gasteiger partial charge in [0.15, 0.2) is 11.2 Å². The molecule has 0 atom stereocenters. The summed E-state index contributed by atoms with van der Waals surface area (Å²) >= 11 is 0. The van der Waals surface area contributed by atoms with E-state index in [9.17, 15) is 0 Å². The minimum atomic E-state index is 0.581. The van der Waals surface area contributed by atoms with Crippen LogP contribution < -0.4 is 4.90 Å². The highest BCUT2D eigenvalue weighted by atomic mass is 16.4. The number of rotatable bonds is 6. The molecule has 0 spiro atoms. The van der Waals surface area contributed by atoms with Crippen LogP contribution in [0.5, 0.6) is 0 Å². The molecule has 10 rings (SSSR count). The minimum Gasteiger partial charge on any atom is -0.436 e. The van der Waals surface area contributed by atoms with E-state index >= 15 is 0 Å². The SMILES string of the molecule is c1cc(-c2nc3ccccc3o2)cc(N(c2cccc(-c3nc4ccccc4o3)c2)c2ccc3cc(-c4ccc5ccccc5c4)ccc3c2)c1. The summed E-state index contributed by atoms with van der Waals surface area (Å²) in [5.41, 5.74) is 10.3. The fourth-order valence-corrected chi connectivity index (χ4v) is 6.92. The van der Waals surface area contributed by atoms with E-state index in [1.165, 1.54) is 27.3 Å². The molecule has 0 saturated heterocycles. The molecule has 0 bridgehead atoms. The third-order valence-corrected chi connectivity index (χ3v) is 9.46. The molecule has 0 aliphatic carbocycles. The zero-order valence-electron chi connectivity index (χ0n) is 27.4. The zero-order valence-corrected chi connectivity index (χ0v) is 27.4. The maximum absolute atomic E-state index is 6.18. The summed E-state index contributed by atoms with van der Waals surface area (Å²) < 4.78 is 12.4. The van der Waals surface area contributed by atoms with E-state index in [4.69, 9.17) is 18.8 Å². The predicted molar refractivity (Wildman–Crippen MR) is 208 cm³/mol. The molecule has 240 valence electrons. The molecule has 0 aliphatic rings. The number of aromatic nitrogens is 2. The van der Waals surface area contributed by atoms with Crippen LogP contribution in [-0.4, -0.2) is 9.97 Å². The summed E-state index contributed by atoms with van der Waals surface area (Å²) in [5.74, 6) is 1.16. The summed E-state index contributed by atoms with van der Waals surface area (Å²) in [6, 6.07) is 60.8. The number of fused-ring (bicyclic) bond motifs is 4. The molecular weight excluding hydrogens is 627 g/mol. The molecule has 2 heterocycles. The third kappa shape index (κ3) is 5.29. The van der Waals surface area contributed by atoms with Gasteiger partial charge in [-0.05, 0) is 118 Å². The fraction of sp³-hybridized carbons (Fsp3) is 0. The summed E-state index contributed by atoms with van der Waals surface area (Å²) in [7, 11) is 0. The molecule has 0 aliphatic heterocycles. The number of benzene rings is 8. The molecule has 0 fully saturated rings. The number of hydrogen-bond acceptors (Lipinski definition) is 5. The molecule has 51 heavy (non-hydrogen) atoms. The van der Waals surface area contributed by atoms with Gasteiger partial charge in [0.25, 0.3) is 0 Å². The average molecular weight is 656 g/mol. The van der Waals surface area contributed by atoms with Gasteiger partial charge < -0.3 is 13.7 Å². The first-order valence-corrected chi connectivity index (χ1v) is 17.0. The second kappa shape index (κ2) is 11.9. The Morgan fingerprint density at radius 1 is 0.333 bits per heavy atom. The lowest BCUT2D eigenvalue weighted by Gasteiger charge is -2.26. The second-order valence-corrected chi connectivity index (χ2v) is 12.7. The van der Waals surface area contributed by atoms with E-state index in [2.05, 4.69) is 108 Å². The van der Waals surface area contributed by atoms with Crippen molar-refractivity contribution in [3.05, 3.63) is 176 Å². The van der Waals surface area contributed by atoms with Gasteiger partial charge in [0.1, 0.15) is 11.0 Å². The van der Waals surface area contributed by atoms with Crippen LogP contribution in [0.15, 0.2) is 185 Å². The van der Waals surface area contributed by atoms with Crippen LogP contribution in [0.2, 0.25) is 0 Å². The Bertz CT molecular complexity index is 2720. The number of hydrogen-bond donors (Lipinski definition) is 0. The Morgan fingerprint density at radius 2 is 0.804 bits per heavy atom. The molecule has 2 aromatic heterocycles. The maximum Gasteiger partial charge on any atom is 0.227 e. The highest BCUT2D eigenvalue weighted by Crippen LogP contribution is 2.40. The minimum absolute atomic E-state index is 0.581. The molecule has 5 heteroatoms. The lowest BCUT2D eigenvalue weighted by Crippen LogP contribution is -2.10. The Morgan fingerprint density at radius 3 is 1.41 bits per heavy atom. The average Bonchev–Trinajstić information content (AvgIpc) is 3.83. The highest BCUT2D eigenvalue weighted by Gasteiger charge is 2.18. The lowest BCUT2D eigenvalue weighted by molar-refractivity contribution is 0.619. The van der Waals surface area contributed by atoms with Crippen molar-refractivity contribution in [2.24, 2.45) is 0 Å². The van der Waals surface area contributed by atoms with Gasteiger partial charge in [-0.3, -0.25) is 0 Å². The van der Waals surface area contributed by atoms with Crippen LogP contribution in [0, 0.1) is 0 Å². The van der Waals surface area contributed by atoms with E-state index in [-0.39, 0.29) is 0 Å². The quantitative estimate of drug-likeness (QED) is 0.178. The van der Waals surface area contributed by atoms with E-state index < -0.39 is 0 Å². The lowest BCUT2D eigenvalue weighted by atomic mass is 9.98. The van der Waals surface area contributed by atoms with Gasteiger partial charge in [-0.2, -0.15) is 0 Å². The van der Waals surface area contributed by atoms with Crippen LogP contribution >= 0.6 is 0 Å². The van der Waals surface area contributed by atoms with Crippen LogP contribution in [0.1, 0.15) is 0 Å². The van der Waals surface area contributed by atoms with E-state index in [1.807, 2.05) is 72.8 Å². The van der Waals surface area contributed by atoms with Crippen molar-refractivity contribution in [1.29, 1.82) is 0 Å². The standard InChI is InChI=1S/C46H29N3O2/c1-2-10-31-25-32(20-19-30(31)9-1)33-21-22-35-27-40(24-23-34(35)26-33)49(38-13-7-11-36(28-38)45-47-41-15-3-5-17-43(41)50-45)39-14-8-12-37(29-39)46-48-42-16-4-6-18-44(42)51-46/h1-29H. The number of anilines is 3. The van der Waals surface area contributed by atoms with Gasteiger partial charge in [0, 0.05) is 28.2 Å². The number of oxazole rings is 2. The van der Waals surface area contributed by atoms with Crippen LogP contribution in [0.25, 0.3) is 77.8 Å². The molecule has 0 saturated carbocycles. The summed E-state index contributed by atoms with van der Waals surface area (Å²) in [6.07, 6.45) is 0. The summed E-state index contributed by atoms with van der Waals surface area (Å²) in [5, 5.41) is 4.80. The van der Waals surface area contributed by atoms with Crippen LogP contribution in [0.3, 0.4) is 0 Å². The van der Waals surface area contributed by atoms with Crippen molar-refractivity contribution in [2.75, 3.05) is 4.90 Å². The molecule has 0 amide bonds. The summed E-state index contributed by atoms with van der Waals surface area (Å²) in [4.78, 5) is 11.8. The van der Waals surface area contributed by atoms with Crippen LogP contribution in [-0.2, 0) is 0 Å². The Kier molecular flexibility index (Phi) is 6.74. The van der Waals surface area contributed by atoms with Crippen LogP contribution in [0.4, 0.5) is 17.1 Å². The normalized spacial score (nSPS) is 11.5. The first-order chi connectivity index (χ1) is 25.2. The molecule has 5 nitrogen and oxygen atoms in total. The van der Waals surface area contributed by atoms with Crippen molar-refractivity contribution in [3.8, 4) is 34.0 Å². The Hall–Kier alpha value is -6.98. The van der Waals surface area contributed by atoms with Crippen molar-refractivity contribution >= 4 is 60.8 Å². The number of para-hydroxylation sites is 4. The smallest absolute Gasteiger partial charge is 0.227 e. The topological polar surface area (TPSA) is 55.3 Å². The van der Waals surface area contributed by atoms with Crippen molar-refractivity contribution in [1.82, 2.24) is 9.97 Å². The van der Waals surface area contributed by atoms with Gasteiger partial charge >= 0.3 is 0 Å². The zero-order chi connectivity index (χ0) is 33.7. The van der Waals surface area contributed by atoms with E-state index in [0.29, 0.717) is 11.8 Å². The second-order valence-electron chi connectivity index (χ2n) is 12.7. The van der Waals surface area contributed by atoms with Crippen molar-refractivity contribution < 1.29 is 8.83 Å². The third-order valence-electron chi connectivity index (χ3n) is 9.46. The van der Waals surface area contributed by atoms with Gasteiger partial charge in [0.05, 0.1) is 0 Å². The van der Waals surface area contributed by atoms with Gasteiger partial charge in [0.2, 0.25) is 11.8 Å². The van der Waals surface area contributed by atoms with Crippen molar-refractivity contribution in [2.45, 2.75) is 0 Å². The monoisotopic (exact) mass is 655 g/mol. The van der Waals surface area contributed by atoms with Crippen molar-refractivity contribution in [3.63, 3.8) is 0 Å².